The zero-order valence-electron chi connectivity index (χ0n) is 44.2. The van der Waals surface area contributed by atoms with Gasteiger partial charge < -0.3 is 44.0 Å². The fourth-order valence-electron chi connectivity index (χ4n) is 11.9. The largest absolute Gasteiger partial charge is 0.455 e. The smallest absolute Gasteiger partial charge is 0.350 e. The number of aliphatic hydroxyl groups excluding tert-OH is 1. The van der Waals surface area contributed by atoms with Gasteiger partial charge >= 0.3 is 29.8 Å². The Hall–Kier alpha value is -8.31. The van der Waals surface area contributed by atoms with E-state index in [4.69, 9.17) is 28.4 Å². The minimum atomic E-state index is -2.51. The molecule has 16 nitrogen and oxygen atoms in total. The van der Waals surface area contributed by atoms with Crippen molar-refractivity contribution in [2.45, 2.75) is 101 Å². The van der Waals surface area contributed by atoms with Crippen LogP contribution in [0.3, 0.4) is 0 Å². The number of rotatable bonds is 15. The molecule has 1 amide bonds. The van der Waals surface area contributed by atoms with E-state index in [0.29, 0.717) is 16.7 Å². The van der Waals surface area contributed by atoms with Crippen molar-refractivity contribution < 1.29 is 72.2 Å². The molecule has 0 aromatic heterocycles. The van der Waals surface area contributed by atoms with Crippen molar-refractivity contribution >= 4 is 53.7 Å². The molecule has 11 atom stereocenters. The van der Waals surface area contributed by atoms with Crippen molar-refractivity contribution in [1.82, 2.24) is 5.32 Å². The van der Waals surface area contributed by atoms with Gasteiger partial charge in [0.25, 0.3) is 5.91 Å². The Kier molecular flexibility index (Phi) is 15.8. The minimum Gasteiger partial charge on any atom is -0.455 e. The summed E-state index contributed by atoms with van der Waals surface area (Å²) in [5, 5.41) is 29.5. The maximum Gasteiger partial charge on any atom is 0.350 e. The Morgan fingerprint density at radius 2 is 1.24 bits per heavy atom. The molecule has 3 fully saturated rings. The maximum atomic E-state index is 16.2. The normalized spacial score (nSPS) is 27.6. The maximum absolute atomic E-state index is 16.2. The lowest BCUT2D eigenvalue weighted by Crippen LogP contribution is -2.82. The van der Waals surface area contributed by atoms with Crippen LogP contribution < -0.4 is 5.32 Å². The van der Waals surface area contributed by atoms with E-state index in [1.54, 1.807) is 153 Å². The molecule has 5 aromatic rings. The van der Waals surface area contributed by atoms with Gasteiger partial charge in [-0.2, -0.15) is 0 Å². The molecule has 9 rings (SSSR count). The van der Waals surface area contributed by atoms with Gasteiger partial charge in [-0.05, 0) is 78.1 Å². The monoisotopic (exact) mass is 1070 g/mol. The quantitative estimate of drug-likeness (QED) is 0.0395. The van der Waals surface area contributed by atoms with Crippen molar-refractivity contribution in [3.63, 3.8) is 0 Å². The van der Waals surface area contributed by atoms with Crippen LogP contribution in [-0.2, 0) is 52.4 Å². The van der Waals surface area contributed by atoms with Crippen molar-refractivity contribution in [1.29, 1.82) is 0 Å². The highest BCUT2D eigenvalue weighted by molar-refractivity contribution is 5.98. The molecular weight excluding hydrogens is 1010 g/mol. The number of carbonyl (C=O) groups excluding carboxylic acids is 7. The lowest BCUT2D eigenvalue weighted by Gasteiger charge is -2.67. The number of hydrogen-bond donors (Lipinski definition) is 3. The molecule has 0 unspecified atom stereocenters. The lowest BCUT2D eigenvalue weighted by molar-refractivity contribution is -0.346. The van der Waals surface area contributed by atoms with Gasteiger partial charge in [-0.3, -0.25) is 14.4 Å². The van der Waals surface area contributed by atoms with Crippen molar-refractivity contribution in [3.8, 4) is 0 Å². The summed E-state index contributed by atoms with van der Waals surface area (Å²) in [6.07, 6.45) is -5.89. The topological polar surface area (TPSA) is 227 Å². The number of carbonyl (C=O) groups is 7. The third kappa shape index (κ3) is 10.7. The number of fused-ring (bicyclic) bond motifs is 5. The van der Waals surface area contributed by atoms with Gasteiger partial charge in [-0.1, -0.05) is 141 Å². The molecule has 5 aromatic carbocycles. The van der Waals surface area contributed by atoms with Crippen LogP contribution in [0.1, 0.15) is 90.9 Å². The second kappa shape index (κ2) is 22.6. The minimum absolute atomic E-state index is 0.0384. The van der Waals surface area contributed by atoms with Crippen LogP contribution >= 0.6 is 0 Å². The van der Waals surface area contributed by atoms with Crippen LogP contribution in [0, 0.1) is 16.7 Å². The van der Waals surface area contributed by atoms with Crippen LogP contribution in [-0.4, -0.2) is 106 Å². The zero-order chi connectivity index (χ0) is 56.3. The summed E-state index contributed by atoms with van der Waals surface area (Å²) in [5.74, 6) is -8.20. The van der Waals surface area contributed by atoms with Gasteiger partial charge in [-0.15, -0.1) is 0 Å². The fraction of sp³-hybridized carbons (Fsp3) is 0.317. The lowest BCUT2D eigenvalue weighted by atomic mass is 9.44. The number of amides is 1. The van der Waals surface area contributed by atoms with E-state index in [0.717, 1.165) is 19.1 Å². The highest BCUT2D eigenvalue weighted by Gasteiger charge is 2.78. The van der Waals surface area contributed by atoms with Gasteiger partial charge in [0, 0.05) is 42.9 Å². The Labute approximate surface area is 457 Å². The van der Waals surface area contributed by atoms with E-state index >= 15 is 9.59 Å². The number of ketones is 1. The zero-order valence-corrected chi connectivity index (χ0v) is 44.2. The summed E-state index contributed by atoms with van der Waals surface area (Å²) >= 11 is 0. The van der Waals surface area contributed by atoms with Gasteiger partial charge in [0.2, 0.25) is 6.10 Å². The third-order valence-corrected chi connectivity index (χ3v) is 16.1. The molecule has 4 aliphatic rings. The summed E-state index contributed by atoms with van der Waals surface area (Å²) in [7, 11) is 0. The van der Waals surface area contributed by atoms with E-state index in [2.05, 4.69) is 5.32 Å². The second-order valence-corrected chi connectivity index (χ2v) is 21.1. The molecule has 79 heavy (non-hydrogen) atoms. The van der Waals surface area contributed by atoms with Gasteiger partial charge in [0.1, 0.15) is 30.0 Å². The first kappa shape index (κ1) is 55.4. The Balaban J connectivity index is 1.22. The van der Waals surface area contributed by atoms with E-state index in [-0.39, 0.29) is 35.3 Å². The summed E-state index contributed by atoms with van der Waals surface area (Å²) in [5.41, 5.74) is -6.43. The summed E-state index contributed by atoms with van der Waals surface area (Å²) < 4.78 is 37.6. The van der Waals surface area contributed by atoms with Gasteiger partial charge in [-0.25, -0.2) is 19.2 Å². The molecule has 3 N–H and O–H groups in total. The molecule has 2 bridgehead atoms. The molecular formula is C63H61NO15. The number of nitrogens with one attached hydrogen (secondary N) is 1. The van der Waals surface area contributed by atoms with Gasteiger partial charge in [0.15, 0.2) is 17.5 Å². The molecule has 1 aliphatic heterocycles. The van der Waals surface area contributed by atoms with E-state index < -0.39 is 119 Å². The predicted octanol–water partition coefficient (Wildman–Crippen LogP) is 7.69. The van der Waals surface area contributed by atoms with Crippen molar-refractivity contribution in [2.75, 3.05) is 6.61 Å². The highest BCUT2D eigenvalue weighted by atomic mass is 16.6. The molecule has 408 valence electrons. The third-order valence-electron chi connectivity index (χ3n) is 16.1. The summed E-state index contributed by atoms with van der Waals surface area (Å²) in [4.78, 5) is 102. The number of benzene rings is 5. The Morgan fingerprint density at radius 1 is 0.709 bits per heavy atom. The van der Waals surface area contributed by atoms with Crippen molar-refractivity contribution in [3.05, 3.63) is 203 Å². The number of ether oxygens (including phenoxy) is 6. The molecule has 1 heterocycles. The van der Waals surface area contributed by atoms with E-state index in [1.807, 2.05) is 0 Å². The fourth-order valence-corrected chi connectivity index (χ4v) is 11.9. The van der Waals surface area contributed by atoms with Crippen LogP contribution in [0.25, 0.3) is 12.2 Å². The van der Waals surface area contributed by atoms with E-state index in [1.165, 1.54) is 38.1 Å². The van der Waals surface area contributed by atoms with Crippen molar-refractivity contribution in [2.24, 2.45) is 16.7 Å². The average molecular weight is 1070 g/mol. The Bertz CT molecular complexity index is 3200. The predicted molar refractivity (Wildman–Crippen MR) is 287 cm³/mol. The molecule has 2 saturated carbocycles. The first-order valence-electron chi connectivity index (χ1n) is 26.0. The van der Waals surface area contributed by atoms with Crippen LogP contribution in [0.2, 0.25) is 0 Å². The first-order chi connectivity index (χ1) is 37.8. The standard InChI is InChI=1S/C63H61NO15/c1-38-45(75-59(72)53(77-49(68)34-32-41-23-13-7-14-24-41)51(42-25-15-8-16-26-42)64-57(70)43-27-17-9-18-28-43)36-63(73)56(78-58(71)44-29-19-10-20-30-44)54-61(5,46(66)35-47-62(54,37-74-47)79-39(2)65)55(69)52(50(38)60(63,3)4)76-48(67)33-31-40-21-11-6-12-22-40/h6-34,45-47,51-54,56,66,73H,35-37H2,1-5H3,(H,64,70)/b33-31+,34-32+/t45-,46-,47+,51-,52+,53+,54-,56-,61+,62-,63+/m0/s1. The SMILES string of the molecule is CC(=O)O[C@@]12CO[C@@H]1C[C@H](O)[C@@]1(C)C(=O)[C@H](OC(=O)/C=C/c3ccccc3)C3=C(C)[C@@H](OC(=O)[C@H](OC(=O)/C=C/c4ccccc4)[C@@H](NC(=O)c4ccccc4)c4ccccc4)C[C@@](O)([C@@H](OC(=O)c4ccccc4)[C@H]21)C3(C)C. The highest BCUT2D eigenvalue weighted by Crippen LogP contribution is 2.64. The Morgan fingerprint density at radius 3 is 1.78 bits per heavy atom. The summed E-state index contributed by atoms with van der Waals surface area (Å²) in [6, 6.07) is 40.5. The van der Waals surface area contributed by atoms with E-state index in [9.17, 15) is 34.2 Å². The number of Topliss-reactive ketones (excluding diaryl/α,β-unsaturated/α-hetero) is 1. The van der Waals surface area contributed by atoms with Crippen LogP contribution in [0.15, 0.2) is 175 Å². The summed E-state index contributed by atoms with van der Waals surface area (Å²) in [6.45, 7) is 6.83. The van der Waals surface area contributed by atoms with Crippen LogP contribution in [0.5, 0.6) is 0 Å². The van der Waals surface area contributed by atoms with Crippen LogP contribution in [0.4, 0.5) is 0 Å². The second-order valence-electron chi connectivity index (χ2n) is 21.1. The molecule has 0 spiro atoms. The molecule has 3 aliphatic carbocycles. The molecule has 0 radical (unpaired) electrons. The number of aliphatic hydroxyl groups is 2. The molecule has 1 saturated heterocycles. The number of esters is 5. The first-order valence-corrected chi connectivity index (χ1v) is 26.0. The number of hydrogen-bond acceptors (Lipinski definition) is 15. The average Bonchev–Trinajstić information content (AvgIpc) is 2.48. The molecule has 16 heteroatoms. The van der Waals surface area contributed by atoms with Gasteiger partial charge in [0.05, 0.1) is 29.6 Å².